The molecule has 2 N–H and O–H groups in total. The third-order valence-corrected chi connectivity index (χ3v) is 5.43. The Balaban J connectivity index is 1.53. The first-order valence-corrected chi connectivity index (χ1v) is 10.6. The van der Waals surface area contributed by atoms with E-state index in [1.165, 1.54) is 0 Å². The van der Waals surface area contributed by atoms with Gasteiger partial charge in [-0.3, -0.25) is 9.59 Å². The van der Waals surface area contributed by atoms with Gasteiger partial charge < -0.3 is 10.6 Å². The van der Waals surface area contributed by atoms with Gasteiger partial charge in [0.15, 0.2) is 0 Å². The van der Waals surface area contributed by atoms with Gasteiger partial charge in [-0.2, -0.15) is 5.10 Å². The van der Waals surface area contributed by atoms with Gasteiger partial charge in [-0.25, -0.2) is 4.68 Å². The van der Waals surface area contributed by atoms with Gasteiger partial charge in [-0.15, -0.1) is 0 Å². The van der Waals surface area contributed by atoms with Crippen molar-refractivity contribution in [3.05, 3.63) is 75.0 Å². The average molecular weight is 490 g/mol. The number of halogens is 2. The van der Waals surface area contributed by atoms with Crippen molar-refractivity contribution in [3.8, 4) is 5.69 Å². The highest BCUT2D eigenvalue weighted by atomic mass is 79.9. The summed E-state index contributed by atoms with van der Waals surface area (Å²) < 4.78 is 2.75. The molecule has 0 saturated carbocycles. The second-order valence-corrected chi connectivity index (χ2v) is 8.22. The van der Waals surface area contributed by atoms with E-state index >= 15 is 0 Å². The monoisotopic (exact) mass is 488 g/mol. The molecule has 3 aromatic rings. The number of aryl methyl sites for hydroxylation is 1. The van der Waals surface area contributed by atoms with Gasteiger partial charge in [0.1, 0.15) is 0 Å². The number of rotatable bonds is 7. The van der Waals surface area contributed by atoms with Crippen molar-refractivity contribution >= 4 is 45.0 Å². The van der Waals surface area contributed by atoms with Gasteiger partial charge in [0.25, 0.3) is 0 Å². The lowest BCUT2D eigenvalue weighted by Gasteiger charge is -2.08. The predicted octanol–water partition coefficient (Wildman–Crippen LogP) is 4.59. The van der Waals surface area contributed by atoms with Crippen LogP contribution in [-0.2, 0) is 16.0 Å². The van der Waals surface area contributed by atoms with Crippen LogP contribution in [0.25, 0.3) is 5.69 Å². The third kappa shape index (κ3) is 5.70. The summed E-state index contributed by atoms with van der Waals surface area (Å²) >= 11 is 9.31. The zero-order valence-electron chi connectivity index (χ0n) is 16.7. The van der Waals surface area contributed by atoms with Crippen molar-refractivity contribution < 1.29 is 9.59 Å². The Labute approximate surface area is 188 Å². The number of carbonyl (C=O) groups is 2. The van der Waals surface area contributed by atoms with Crippen molar-refractivity contribution in [2.75, 3.05) is 11.9 Å². The maximum absolute atomic E-state index is 12.4. The van der Waals surface area contributed by atoms with E-state index in [1.807, 2.05) is 50.2 Å². The number of amides is 2. The quantitative estimate of drug-likeness (QED) is 0.509. The highest BCUT2D eigenvalue weighted by molar-refractivity contribution is 9.10. The number of nitrogens with one attached hydrogen (secondary N) is 2. The zero-order valence-corrected chi connectivity index (χ0v) is 19.0. The van der Waals surface area contributed by atoms with Crippen LogP contribution in [0.5, 0.6) is 0 Å². The lowest BCUT2D eigenvalue weighted by atomic mass is 10.1. The summed E-state index contributed by atoms with van der Waals surface area (Å²) in [7, 11) is 0. The molecular formula is C22H22BrClN4O2. The molecule has 6 nitrogen and oxygen atoms in total. The molecule has 0 spiro atoms. The molecule has 3 rings (SSSR count). The van der Waals surface area contributed by atoms with E-state index in [0.717, 1.165) is 32.8 Å². The van der Waals surface area contributed by atoms with Crippen LogP contribution in [-0.4, -0.2) is 28.1 Å². The summed E-state index contributed by atoms with van der Waals surface area (Å²) in [6.45, 7) is 4.08. The molecule has 0 radical (unpaired) electrons. The van der Waals surface area contributed by atoms with Crippen LogP contribution in [0.15, 0.2) is 53.0 Å². The zero-order chi connectivity index (χ0) is 21.7. The summed E-state index contributed by atoms with van der Waals surface area (Å²) in [5, 5.41) is 10.8. The van der Waals surface area contributed by atoms with Crippen molar-refractivity contribution in [2.45, 2.75) is 26.7 Å². The predicted molar refractivity (Wildman–Crippen MR) is 122 cm³/mol. The molecule has 2 aromatic carbocycles. The first kappa shape index (κ1) is 22.1. The highest BCUT2D eigenvalue weighted by Crippen LogP contribution is 2.20. The molecule has 0 aliphatic rings. The first-order chi connectivity index (χ1) is 14.3. The van der Waals surface area contributed by atoms with E-state index in [0.29, 0.717) is 5.02 Å². The second kappa shape index (κ2) is 9.91. The van der Waals surface area contributed by atoms with Crippen LogP contribution in [0.2, 0.25) is 5.02 Å². The van der Waals surface area contributed by atoms with Crippen LogP contribution in [0, 0.1) is 13.8 Å². The summed E-state index contributed by atoms with van der Waals surface area (Å²) in [5.41, 5.74) is 4.18. The average Bonchev–Trinajstić information content (AvgIpc) is 2.98. The maximum Gasteiger partial charge on any atom is 0.226 e. The molecule has 0 saturated heterocycles. The Kier molecular flexibility index (Phi) is 7.29. The number of nitrogens with zero attached hydrogens (tertiary/aromatic N) is 2. The lowest BCUT2D eigenvalue weighted by molar-refractivity contribution is -0.120. The fraction of sp³-hybridized carbons (Fsp3) is 0.227. The van der Waals surface area contributed by atoms with E-state index in [9.17, 15) is 9.59 Å². The van der Waals surface area contributed by atoms with Crippen LogP contribution in [0.4, 0.5) is 5.69 Å². The molecule has 1 heterocycles. The van der Waals surface area contributed by atoms with Gasteiger partial charge in [0.05, 0.1) is 17.8 Å². The summed E-state index contributed by atoms with van der Waals surface area (Å²) in [5.74, 6) is -0.297. The summed E-state index contributed by atoms with van der Waals surface area (Å²) in [4.78, 5) is 24.4. The van der Waals surface area contributed by atoms with Crippen molar-refractivity contribution in [2.24, 2.45) is 0 Å². The number of anilines is 1. The van der Waals surface area contributed by atoms with E-state index in [2.05, 4.69) is 31.7 Å². The molecule has 1 aromatic heterocycles. The van der Waals surface area contributed by atoms with E-state index in [-0.39, 0.29) is 31.2 Å². The Morgan fingerprint density at radius 3 is 2.37 bits per heavy atom. The fourth-order valence-electron chi connectivity index (χ4n) is 3.06. The van der Waals surface area contributed by atoms with Crippen molar-refractivity contribution in [1.82, 2.24) is 15.1 Å². The molecule has 2 amide bonds. The van der Waals surface area contributed by atoms with E-state index in [1.54, 1.807) is 16.8 Å². The Morgan fingerprint density at radius 1 is 1.03 bits per heavy atom. The number of aromatic nitrogens is 2. The summed E-state index contributed by atoms with van der Waals surface area (Å²) in [6, 6.07) is 14.7. The van der Waals surface area contributed by atoms with Gasteiger partial charge >= 0.3 is 0 Å². The largest absolute Gasteiger partial charge is 0.355 e. The van der Waals surface area contributed by atoms with Crippen LogP contribution in [0.3, 0.4) is 0 Å². The molecule has 156 valence electrons. The molecule has 30 heavy (non-hydrogen) atoms. The minimum Gasteiger partial charge on any atom is -0.355 e. The first-order valence-electron chi connectivity index (χ1n) is 9.46. The van der Waals surface area contributed by atoms with Crippen molar-refractivity contribution in [3.63, 3.8) is 0 Å². The third-order valence-electron chi connectivity index (χ3n) is 4.65. The van der Waals surface area contributed by atoms with Crippen LogP contribution in [0.1, 0.15) is 23.4 Å². The molecule has 0 atom stereocenters. The SMILES string of the molecule is Cc1nn(-c2ccc(Cl)cc2)c(C)c1CC(=O)NCCC(=O)Nc1ccc(Br)cc1. The van der Waals surface area contributed by atoms with Gasteiger partial charge in [0, 0.05) is 39.4 Å². The molecule has 0 aliphatic carbocycles. The van der Waals surface area contributed by atoms with Crippen LogP contribution >= 0.6 is 27.5 Å². The molecule has 0 aliphatic heterocycles. The topological polar surface area (TPSA) is 76.0 Å². The van der Waals surface area contributed by atoms with Crippen molar-refractivity contribution in [1.29, 1.82) is 0 Å². The summed E-state index contributed by atoms with van der Waals surface area (Å²) in [6.07, 6.45) is 0.406. The van der Waals surface area contributed by atoms with Gasteiger partial charge in [-0.1, -0.05) is 27.5 Å². The van der Waals surface area contributed by atoms with E-state index < -0.39 is 0 Å². The molecule has 0 bridgehead atoms. The minimum absolute atomic E-state index is 0.145. The Morgan fingerprint density at radius 2 is 1.70 bits per heavy atom. The smallest absolute Gasteiger partial charge is 0.226 e. The number of hydrogen-bond donors (Lipinski definition) is 2. The number of benzene rings is 2. The normalized spacial score (nSPS) is 10.7. The molecule has 8 heteroatoms. The van der Waals surface area contributed by atoms with Crippen LogP contribution < -0.4 is 10.6 Å². The van der Waals surface area contributed by atoms with Gasteiger partial charge in [0.2, 0.25) is 11.8 Å². The van der Waals surface area contributed by atoms with Gasteiger partial charge in [-0.05, 0) is 62.4 Å². The highest BCUT2D eigenvalue weighted by Gasteiger charge is 2.16. The molecular weight excluding hydrogens is 468 g/mol. The number of hydrogen-bond acceptors (Lipinski definition) is 3. The lowest BCUT2D eigenvalue weighted by Crippen LogP contribution is -2.29. The van der Waals surface area contributed by atoms with E-state index in [4.69, 9.17) is 11.6 Å². The Hall–Kier alpha value is -2.64. The maximum atomic E-state index is 12.4. The standard InChI is InChI=1S/C22H22BrClN4O2/c1-14-20(15(2)28(27-14)19-9-5-17(24)6-10-19)13-22(30)25-12-11-21(29)26-18-7-3-16(23)4-8-18/h3-10H,11-13H2,1-2H3,(H,25,30)(H,26,29). The number of carbonyl (C=O) groups excluding carboxylic acids is 2. The second-order valence-electron chi connectivity index (χ2n) is 6.87. The minimum atomic E-state index is -0.152. The Bertz CT molecular complexity index is 1050. The fourth-order valence-corrected chi connectivity index (χ4v) is 3.45. The molecule has 0 fully saturated rings. The molecule has 0 unspecified atom stereocenters.